The Morgan fingerprint density at radius 2 is 1.71 bits per heavy atom. The molecule has 1 amide bonds. The van der Waals surface area contributed by atoms with E-state index in [9.17, 15) is 13.2 Å². The first kappa shape index (κ1) is 22.6. The summed E-state index contributed by atoms with van der Waals surface area (Å²) in [6.45, 7) is 4.64. The molecule has 1 aromatic heterocycles. The number of benzene rings is 2. The molecule has 0 atom stereocenters. The zero-order valence-electron chi connectivity index (χ0n) is 18.1. The monoisotopic (exact) mass is 440 g/mol. The van der Waals surface area contributed by atoms with Crippen LogP contribution in [0.25, 0.3) is 0 Å². The molecule has 3 aromatic rings. The maximum absolute atomic E-state index is 12.4. The number of hydrogen-bond acceptors (Lipinski definition) is 4. The van der Waals surface area contributed by atoms with Gasteiger partial charge in [-0.25, -0.2) is 8.42 Å². The number of carbonyl (C=O) groups is 1. The van der Waals surface area contributed by atoms with E-state index in [4.69, 9.17) is 4.42 Å². The highest BCUT2D eigenvalue weighted by atomic mass is 32.2. The Kier molecular flexibility index (Phi) is 7.17. The average Bonchev–Trinajstić information content (AvgIpc) is 3.21. The lowest BCUT2D eigenvalue weighted by atomic mass is 10.1. The summed E-state index contributed by atoms with van der Waals surface area (Å²) in [7, 11) is -3.46. The van der Waals surface area contributed by atoms with E-state index in [-0.39, 0.29) is 12.5 Å². The molecule has 6 nitrogen and oxygen atoms in total. The summed E-state index contributed by atoms with van der Waals surface area (Å²) < 4.78 is 31.5. The number of rotatable bonds is 9. The molecule has 0 fully saturated rings. The summed E-state index contributed by atoms with van der Waals surface area (Å²) in [4.78, 5) is 12.4. The third kappa shape index (κ3) is 6.46. The van der Waals surface area contributed by atoms with Gasteiger partial charge in [0.1, 0.15) is 5.76 Å². The molecule has 1 heterocycles. The number of furan rings is 1. The summed E-state index contributed by atoms with van der Waals surface area (Å²) in [6, 6.07) is 16.5. The second kappa shape index (κ2) is 9.83. The van der Waals surface area contributed by atoms with Gasteiger partial charge in [-0.05, 0) is 73.4 Å². The van der Waals surface area contributed by atoms with Crippen LogP contribution in [0.5, 0.6) is 0 Å². The highest BCUT2D eigenvalue weighted by Crippen LogP contribution is 2.23. The van der Waals surface area contributed by atoms with Crippen molar-refractivity contribution in [2.75, 3.05) is 17.1 Å². The van der Waals surface area contributed by atoms with Gasteiger partial charge in [0.15, 0.2) is 0 Å². The predicted octanol–water partition coefficient (Wildman–Crippen LogP) is 4.23. The highest BCUT2D eigenvalue weighted by molar-refractivity contribution is 7.92. The predicted molar refractivity (Wildman–Crippen MR) is 123 cm³/mol. The molecule has 0 bridgehead atoms. The lowest BCUT2D eigenvalue weighted by Gasteiger charge is -2.23. The second-order valence-electron chi connectivity index (χ2n) is 7.75. The van der Waals surface area contributed by atoms with Crippen LogP contribution in [0.2, 0.25) is 0 Å². The van der Waals surface area contributed by atoms with Gasteiger partial charge in [0.05, 0.1) is 24.8 Å². The molecule has 0 radical (unpaired) electrons. The van der Waals surface area contributed by atoms with Gasteiger partial charge in [0.25, 0.3) is 5.91 Å². The Morgan fingerprint density at radius 1 is 1.03 bits per heavy atom. The topological polar surface area (TPSA) is 79.6 Å². The van der Waals surface area contributed by atoms with Crippen LogP contribution in [0.1, 0.15) is 39.2 Å². The van der Waals surface area contributed by atoms with E-state index in [1.54, 1.807) is 30.5 Å². The van der Waals surface area contributed by atoms with Crippen LogP contribution in [0, 0.1) is 13.8 Å². The quantitative estimate of drug-likeness (QED) is 0.505. The molecule has 0 spiro atoms. The third-order valence-electron chi connectivity index (χ3n) is 4.90. The Hall–Kier alpha value is -3.06. The summed E-state index contributed by atoms with van der Waals surface area (Å²) in [5, 5.41) is 2.90. The van der Waals surface area contributed by atoms with Gasteiger partial charge in [-0.3, -0.25) is 9.10 Å². The molecule has 2 aromatic carbocycles. The zero-order valence-corrected chi connectivity index (χ0v) is 18.9. The number of carbonyl (C=O) groups excluding carboxylic acids is 1. The molecule has 1 N–H and O–H groups in total. The Bertz CT molecular complexity index is 1100. The summed E-state index contributed by atoms with van der Waals surface area (Å²) >= 11 is 0. The molecule has 7 heteroatoms. The summed E-state index contributed by atoms with van der Waals surface area (Å²) in [5.41, 5.74) is 3.99. The number of anilines is 1. The van der Waals surface area contributed by atoms with E-state index in [2.05, 4.69) is 5.32 Å². The van der Waals surface area contributed by atoms with E-state index in [1.807, 2.05) is 44.2 Å². The van der Waals surface area contributed by atoms with Crippen LogP contribution in [-0.4, -0.2) is 27.1 Å². The van der Waals surface area contributed by atoms with E-state index >= 15 is 0 Å². The van der Waals surface area contributed by atoms with Crippen molar-refractivity contribution in [3.05, 3.63) is 88.9 Å². The molecule has 164 valence electrons. The fourth-order valence-corrected chi connectivity index (χ4v) is 4.32. The first-order valence-electron chi connectivity index (χ1n) is 10.2. The van der Waals surface area contributed by atoms with Crippen LogP contribution in [0.4, 0.5) is 5.69 Å². The number of sulfonamides is 1. The molecule has 0 unspecified atom stereocenters. The fraction of sp³-hybridized carbons (Fsp3) is 0.292. The van der Waals surface area contributed by atoms with Gasteiger partial charge >= 0.3 is 0 Å². The van der Waals surface area contributed by atoms with Crippen LogP contribution < -0.4 is 9.62 Å². The number of nitrogens with zero attached hydrogens (tertiary/aromatic N) is 1. The van der Waals surface area contributed by atoms with Crippen LogP contribution in [0.15, 0.2) is 65.3 Å². The molecule has 31 heavy (non-hydrogen) atoms. The van der Waals surface area contributed by atoms with Crippen molar-refractivity contribution in [2.45, 2.75) is 33.2 Å². The van der Waals surface area contributed by atoms with Gasteiger partial charge in [0, 0.05) is 18.5 Å². The Morgan fingerprint density at radius 3 is 2.29 bits per heavy atom. The number of nitrogens with one attached hydrogen (secondary N) is 1. The van der Waals surface area contributed by atoms with Crippen LogP contribution in [0.3, 0.4) is 0 Å². The number of hydrogen-bond donors (Lipinski definition) is 1. The molecular weight excluding hydrogens is 412 g/mol. The zero-order chi connectivity index (χ0) is 22.4. The van der Waals surface area contributed by atoms with Crippen molar-refractivity contribution in [3.63, 3.8) is 0 Å². The molecule has 0 aliphatic heterocycles. The summed E-state index contributed by atoms with van der Waals surface area (Å²) in [5.74, 6) is 0.748. The SMILES string of the molecule is Cc1cc(C)cc(N(Cc2ccc(C(=O)NCCCc3ccco3)cc2)S(C)(=O)=O)c1. The van der Waals surface area contributed by atoms with Crippen molar-refractivity contribution >= 4 is 21.6 Å². The Balaban J connectivity index is 1.63. The maximum Gasteiger partial charge on any atom is 0.251 e. The first-order valence-corrected chi connectivity index (χ1v) is 12.0. The van der Waals surface area contributed by atoms with Gasteiger partial charge < -0.3 is 9.73 Å². The van der Waals surface area contributed by atoms with Crippen LogP contribution in [-0.2, 0) is 23.0 Å². The van der Waals surface area contributed by atoms with Gasteiger partial charge in [-0.2, -0.15) is 0 Å². The van der Waals surface area contributed by atoms with E-state index in [0.29, 0.717) is 17.8 Å². The largest absolute Gasteiger partial charge is 0.469 e. The lowest BCUT2D eigenvalue weighted by Crippen LogP contribution is -2.29. The minimum atomic E-state index is -3.46. The maximum atomic E-state index is 12.4. The van der Waals surface area contributed by atoms with E-state index in [1.165, 1.54) is 10.6 Å². The minimum absolute atomic E-state index is 0.153. The van der Waals surface area contributed by atoms with Gasteiger partial charge in [-0.15, -0.1) is 0 Å². The highest BCUT2D eigenvalue weighted by Gasteiger charge is 2.18. The fourth-order valence-electron chi connectivity index (χ4n) is 3.44. The normalized spacial score (nSPS) is 11.3. The Labute approximate surface area is 183 Å². The first-order chi connectivity index (χ1) is 14.7. The van der Waals surface area contributed by atoms with Crippen molar-refractivity contribution in [1.82, 2.24) is 5.32 Å². The van der Waals surface area contributed by atoms with Crippen molar-refractivity contribution in [2.24, 2.45) is 0 Å². The number of aryl methyl sites for hydroxylation is 3. The van der Waals surface area contributed by atoms with E-state index in [0.717, 1.165) is 35.3 Å². The molecule has 0 saturated heterocycles. The van der Waals surface area contributed by atoms with Crippen LogP contribution >= 0.6 is 0 Å². The lowest BCUT2D eigenvalue weighted by molar-refractivity contribution is 0.0953. The average molecular weight is 441 g/mol. The summed E-state index contributed by atoms with van der Waals surface area (Å²) in [6.07, 6.45) is 4.40. The number of amides is 1. The van der Waals surface area contributed by atoms with Crippen molar-refractivity contribution in [3.8, 4) is 0 Å². The van der Waals surface area contributed by atoms with Gasteiger partial charge in [-0.1, -0.05) is 18.2 Å². The minimum Gasteiger partial charge on any atom is -0.469 e. The third-order valence-corrected chi connectivity index (χ3v) is 6.04. The van der Waals surface area contributed by atoms with Gasteiger partial charge in [0.2, 0.25) is 10.0 Å². The second-order valence-corrected chi connectivity index (χ2v) is 9.66. The smallest absolute Gasteiger partial charge is 0.251 e. The molecule has 0 saturated carbocycles. The molecule has 3 rings (SSSR count). The molecular formula is C24H28N2O4S. The molecule has 0 aliphatic carbocycles. The van der Waals surface area contributed by atoms with Crippen molar-refractivity contribution in [1.29, 1.82) is 0 Å². The molecule has 0 aliphatic rings. The van der Waals surface area contributed by atoms with E-state index < -0.39 is 10.0 Å². The standard InChI is InChI=1S/C24H28N2O4S/c1-18-14-19(2)16-22(15-18)26(31(3,28)29)17-20-8-10-21(11-9-20)24(27)25-12-4-6-23-7-5-13-30-23/h5,7-11,13-16H,4,6,12,17H2,1-3H3,(H,25,27). The van der Waals surface area contributed by atoms with Crippen molar-refractivity contribution < 1.29 is 17.6 Å².